The molecule has 0 atom stereocenters. The Morgan fingerprint density at radius 1 is 0.902 bits per heavy atom. The predicted octanol–water partition coefficient (Wildman–Crippen LogP) is 6.08. The second-order valence-electron chi connectivity index (χ2n) is 9.69. The third kappa shape index (κ3) is 9.39. The van der Waals surface area contributed by atoms with Gasteiger partial charge in [-0.2, -0.15) is 0 Å². The molecule has 1 aliphatic rings. The first-order chi connectivity index (χ1) is 19.6. The number of carbonyl (C=O) groups excluding carboxylic acids is 1. The highest BCUT2D eigenvalue weighted by Gasteiger charge is 2.31. The number of para-hydroxylation sites is 2. The van der Waals surface area contributed by atoms with E-state index in [1.54, 1.807) is 12.1 Å². The summed E-state index contributed by atoms with van der Waals surface area (Å²) in [5.41, 5.74) is 0.471. The lowest BCUT2D eigenvalue weighted by Crippen LogP contribution is -2.28. The van der Waals surface area contributed by atoms with Gasteiger partial charge in [-0.15, -0.1) is 13.2 Å². The Bertz CT molecular complexity index is 1390. The highest BCUT2D eigenvalue weighted by molar-refractivity contribution is 7.92. The van der Waals surface area contributed by atoms with E-state index >= 15 is 0 Å². The number of nitrogens with one attached hydrogen (secondary N) is 3. The summed E-state index contributed by atoms with van der Waals surface area (Å²) >= 11 is 0. The van der Waals surface area contributed by atoms with Crippen molar-refractivity contribution in [2.75, 3.05) is 24.4 Å². The van der Waals surface area contributed by atoms with Crippen LogP contribution in [0.3, 0.4) is 0 Å². The molecule has 1 aliphatic heterocycles. The van der Waals surface area contributed by atoms with Crippen molar-refractivity contribution in [3.63, 3.8) is 0 Å². The monoisotopic (exact) mass is 591 g/mol. The Morgan fingerprint density at radius 3 is 2.24 bits per heavy atom. The number of benzene rings is 3. The van der Waals surface area contributed by atoms with Crippen LogP contribution in [0.2, 0.25) is 0 Å². The Morgan fingerprint density at radius 2 is 1.56 bits per heavy atom. The molecule has 220 valence electrons. The van der Waals surface area contributed by atoms with E-state index in [2.05, 4.69) is 20.1 Å². The van der Waals surface area contributed by atoms with Crippen LogP contribution in [0, 0.1) is 5.92 Å². The van der Waals surface area contributed by atoms with Crippen molar-refractivity contribution < 1.29 is 35.9 Å². The summed E-state index contributed by atoms with van der Waals surface area (Å²) in [7, 11) is -4.04. The van der Waals surface area contributed by atoms with Gasteiger partial charge in [-0.1, -0.05) is 25.0 Å². The number of sulfonamides is 1. The van der Waals surface area contributed by atoms with Crippen molar-refractivity contribution in [2.24, 2.45) is 5.92 Å². The first-order valence-corrected chi connectivity index (χ1v) is 14.8. The highest BCUT2D eigenvalue weighted by atomic mass is 32.2. The van der Waals surface area contributed by atoms with Crippen LogP contribution in [0.25, 0.3) is 0 Å². The van der Waals surface area contributed by atoms with Crippen LogP contribution in [0.1, 0.15) is 42.5 Å². The van der Waals surface area contributed by atoms with Gasteiger partial charge < -0.3 is 20.1 Å². The molecule has 12 heteroatoms. The Balaban J connectivity index is 1.31. The van der Waals surface area contributed by atoms with Gasteiger partial charge in [0.25, 0.3) is 15.9 Å². The molecule has 41 heavy (non-hydrogen) atoms. The summed E-state index contributed by atoms with van der Waals surface area (Å²) in [4.78, 5) is 12.4. The first kappa shape index (κ1) is 30.2. The van der Waals surface area contributed by atoms with Gasteiger partial charge >= 0.3 is 6.36 Å². The lowest BCUT2D eigenvalue weighted by molar-refractivity contribution is -0.274. The van der Waals surface area contributed by atoms with Crippen LogP contribution >= 0.6 is 0 Å². The maximum atomic E-state index is 13.0. The molecule has 8 nitrogen and oxygen atoms in total. The zero-order valence-electron chi connectivity index (χ0n) is 22.2. The van der Waals surface area contributed by atoms with Crippen molar-refractivity contribution in [3.8, 4) is 17.2 Å². The fourth-order valence-corrected chi connectivity index (χ4v) is 5.57. The molecule has 0 spiro atoms. The molecule has 0 unspecified atom stereocenters. The summed E-state index contributed by atoms with van der Waals surface area (Å²) in [5.74, 6) is 0.379. The van der Waals surface area contributed by atoms with Crippen LogP contribution < -0.4 is 24.8 Å². The van der Waals surface area contributed by atoms with Gasteiger partial charge in [0.05, 0.1) is 10.6 Å². The molecule has 0 saturated carbocycles. The third-order valence-corrected chi connectivity index (χ3v) is 8.01. The van der Waals surface area contributed by atoms with Gasteiger partial charge in [-0.05, 0) is 98.9 Å². The Kier molecular flexibility index (Phi) is 10.1. The van der Waals surface area contributed by atoms with Crippen LogP contribution in [-0.4, -0.2) is 40.3 Å². The number of ether oxygens (including phenoxy) is 2. The maximum Gasteiger partial charge on any atom is 0.573 e. The zero-order chi connectivity index (χ0) is 29.3. The first-order valence-electron chi connectivity index (χ1n) is 13.3. The summed E-state index contributed by atoms with van der Waals surface area (Å²) < 4.78 is 75.3. The second-order valence-corrected chi connectivity index (χ2v) is 11.4. The normalized spacial score (nSPS) is 14.3. The number of unbranched alkanes of at least 4 members (excludes halogenated alkanes) is 1. The average molecular weight is 592 g/mol. The minimum absolute atomic E-state index is 0.0560. The van der Waals surface area contributed by atoms with E-state index in [-0.39, 0.29) is 28.0 Å². The predicted molar refractivity (Wildman–Crippen MR) is 149 cm³/mol. The molecule has 3 aromatic carbocycles. The molecule has 0 aromatic heterocycles. The third-order valence-electron chi connectivity index (χ3n) is 6.63. The molecule has 4 rings (SSSR count). The van der Waals surface area contributed by atoms with Gasteiger partial charge in [0.15, 0.2) is 5.75 Å². The number of hydrogen-bond acceptors (Lipinski definition) is 6. The number of carbonyl (C=O) groups is 1. The number of hydrogen-bond donors (Lipinski definition) is 3. The van der Waals surface area contributed by atoms with Gasteiger partial charge in [0, 0.05) is 12.1 Å². The fourth-order valence-electron chi connectivity index (χ4n) is 4.50. The van der Waals surface area contributed by atoms with E-state index in [1.807, 2.05) is 0 Å². The number of rotatable bonds is 12. The molecule has 1 saturated heterocycles. The number of amides is 1. The summed E-state index contributed by atoms with van der Waals surface area (Å²) in [6.45, 7) is 2.70. The van der Waals surface area contributed by atoms with Gasteiger partial charge in [-0.3, -0.25) is 9.52 Å². The number of halogens is 3. The van der Waals surface area contributed by atoms with E-state index in [1.165, 1.54) is 61.4 Å². The number of piperidine rings is 1. The molecule has 1 fully saturated rings. The summed E-state index contributed by atoms with van der Waals surface area (Å²) in [5, 5.41) is 6.24. The number of anilines is 1. The molecular weight excluding hydrogens is 559 g/mol. The standard InChI is InChI=1S/C29H32F3N3O5S/c30-29(31,32)40-24-12-10-23(11-13-24)39-27-7-2-1-6-26(27)35-41(37,38)25-14-8-22(9-15-25)28(36)34-18-4-3-5-21-16-19-33-20-17-21/h1-2,6-15,21,33,35H,3-5,16-20H2,(H,34,36). The Hall–Kier alpha value is -3.77. The average Bonchev–Trinajstić information content (AvgIpc) is 2.94. The minimum atomic E-state index is -4.82. The van der Waals surface area contributed by atoms with Gasteiger partial charge in [-0.25, -0.2) is 8.42 Å². The molecule has 3 N–H and O–H groups in total. The van der Waals surface area contributed by atoms with Crippen molar-refractivity contribution in [1.82, 2.24) is 10.6 Å². The quantitative estimate of drug-likeness (QED) is 0.221. The smallest absolute Gasteiger partial charge is 0.455 e. The molecule has 3 aromatic rings. The molecule has 1 amide bonds. The van der Waals surface area contributed by atoms with E-state index < -0.39 is 22.1 Å². The zero-order valence-corrected chi connectivity index (χ0v) is 23.1. The van der Waals surface area contributed by atoms with E-state index in [0.29, 0.717) is 12.1 Å². The minimum Gasteiger partial charge on any atom is -0.455 e. The lowest BCUT2D eigenvalue weighted by Gasteiger charge is -2.22. The highest BCUT2D eigenvalue weighted by Crippen LogP contribution is 2.32. The molecular formula is C29H32F3N3O5S. The lowest BCUT2D eigenvalue weighted by atomic mass is 9.92. The van der Waals surface area contributed by atoms with Crippen LogP contribution in [-0.2, 0) is 10.0 Å². The van der Waals surface area contributed by atoms with E-state index in [4.69, 9.17) is 4.74 Å². The summed E-state index contributed by atoms with van der Waals surface area (Å²) in [6, 6.07) is 16.5. The Labute approximate surface area is 237 Å². The molecule has 0 bridgehead atoms. The van der Waals surface area contributed by atoms with Crippen LogP contribution in [0.5, 0.6) is 17.2 Å². The van der Waals surface area contributed by atoms with E-state index in [0.717, 1.165) is 50.4 Å². The van der Waals surface area contributed by atoms with Crippen LogP contribution in [0.15, 0.2) is 77.7 Å². The number of alkyl halides is 3. The van der Waals surface area contributed by atoms with Crippen molar-refractivity contribution in [2.45, 2.75) is 43.4 Å². The van der Waals surface area contributed by atoms with Crippen molar-refractivity contribution in [3.05, 3.63) is 78.4 Å². The fraction of sp³-hybridized carbons (Fsp3) is 0.345. The summed E-state index contributed by atoms with van der Waals surface area (Å²) in [6.07, 6.45) is 0.686. The van der Waals surface area contributed by atoms with E-state index in [9.17, 15) is 26.4 Å². The molecule has 0 aliphatic carbocycles. The van der Waals surface area contributed by atoms with Crippen LogP contribution in [0.4, 0.5) is 18.9 Å². The van der Waals surface area contributed by atoms with Gasteiger partial charge in [0.1, 0.15) is 11.5 Å². The largest absolute Gasteiger partial charge is 0.573 e. The molecule has 0 radical (unpaired) electrons. The molecule has 1 heterocycles. The van der Waals surface area contributed by atoms with Crippen molar-refractivity contribution >= 4 is 21.6 Å². The van der Waals surface area contributed by atoms with Crippen molar-refractivity contribution in [1.29, 1.82) is 0 Å². The SMILES string of the molecule is O=C(NCCCCC1CCNCC1)c1ccc(S(=O)(=O)Nc2ccccc2Oc2ccc(OC(F)(F)F)cc2)cc1. The second kappa shape index (κ2) is 13.7. The maximum absolute atomic E-state index is 13.0. The topological polar surface area (TPSA) is 106 Å². The van der Waals surface area contributed by atoms with Gasteiger partial charge in [0.2, 0.25) is 0 Å².